The van der Waals surface area contributed by atoms with Gasteiger partial charge in [0.2, 0.25) is 0 Å². The molecule has 3 aromatic rings. The zero-order chi connectivity index (χ0) is 18.4. The lowest BCUT2D eigenvalue weighted by atomic mass is 10.0. The zero-order valence-corrected chi connectivity index (χ0v) is 15.9. The molecule has 0 aliphatic carbocycles. The van der Waals surface area contributed by atoms with Gasteiger partial charge in [0.05, 0.1) is 4.47 Å². The number of halogens is 4. The lowest BCUT2D eigenvalue weighted by Crippen LogP contribution is -2.08. The number of nitrogens with one attached hydrogen (secondary N) is 1. The van der Waals surface area contributed by atoms with Crippen LogP contribution >= 0.6 is 28.6 Å². The number of alkyl halides is 3. The highest BCUT2D eigenvalue weighted by Crippen LogP contribution is 2.44. The van der Waals surface area contributed by atoms with Crippen molar-refractivity contribution in [2.24, 2.45) is 0 Å². The molecule has 0 spiro atoms. The molecule has 2 aromatic carbocycles. The van der Waals surface area contributed by atoms with Gasteiger partial charge in [-0.25, -0.2) is 0 Å². The van der Waals surface area contributed by atoms with Crippen LogP contribution in [-0.2, 0) is 6.18 Å². The fourth-order valence-corrected chi connectivity index (χ4v) is 3.65. The van der Waals surface area contributed by atoms with Crippen LogP contribution in [-0.4, -0.2) is 4.98 Å². The van der Waals surface area contributed by atoms with E-state index < -0.39 is 11.7 Å². The summed E-state index contributed by atoms with van der Waals surface area (Å²) in [4.78, 5) is 3.36. The van der Waals surface area contributed by atoms with E-state index in [1.807, 2.05) is 6.20 Å². The summed E-state index contributed by atoms with van der Waals surface area (Å²) in [6, 6.07) is 7.62. The molecule has 0 saturated carbocycles. The van der Waals surface area contributed by atoms with E-state index in [4.69, 9.17) is 4.74 Å². The van der Waals surface area contributed by atoms with Crippen LogP contribution in [0.5, 0.6) is 11.5 Å². The second kappa shape index (κ2) is 6.61. The maximum atomic E-state index is 13.3. The third-order valence-electron chi connectivity index (χ3n) is 3.86. The molecule has 25 heavy (non-hydrogen) atoms. The number of aromatic nitrogens is 1. The first-order valence-corrected chi connectivity index (χ1v) is 8.79. The SMILES string of the molecule is CC(C)c1c[nH]c2ccc(Oc3c(Br)cc(S)cc3C(F)(F)F)cc12. The van der Waals surface area contributed by atoms with Gasteiger partial charge in [-0.1, -0.05) is 13.8 Å². The van der Waals surface area contributed by atoms with E-state index in [1.54, 1.807) is 18.2 Å². The van der Waals surface area contributed by atoms with Gasteiger partial charge in [-0.15, -0.1) is 12.6 Å². The van der Waals surface area contributed by atoms with Crippen molar-refractivity contribution in [1.82, 2.24) is 4.98 Å². The largest absolute Gasteiger partial charge is 0.456 e. The lowest BCUT2D eigenvalue weighted by Gasteiger charge is -2.16. The van der Waals surface area contributed by atoms with Crippen LogP contribution in [0.25, 0.3) is 10.9 Å². The molecule has 0 aliphatic rings. The summed E-state index contributed by atoms with van der Waals surface area (Å²) in [5.41, 5.74) is 1.13. The van der Waals surface area contributed by atoms with Crippen LogP contribution in [0.3, 0.4) is 0 Å². The predicted octanol–water partition coefficient (Wildman–Crippen LogP) is 7.15. The van der Waals surface area contributed by atoms with Crippen LogP contribution in [0.15, 0.2) is 45.9 Å². The van der Waals surface area contributed by atoms with Gasteiger partial charge in [-0.3, -0.25) is 0 Å². The van der Waals surface area contributed by atoms with E-state index in [9.17, 15) is 13.2 Å². The Kier molecular flexibility index (Phi) is 4.81. The summed E-state index contributed by atoms with van der Waals surface area (Å²) in [6.45, 7) is 4.11. The van der Waals surface area contributed by atoms with Crippen molar-refractivity contribution in [3.05, 3.63) is 52.1 Å². The Morgan fingerprint density at radius 2 is 1.88 bits per heavy atom. The normalized spacial score (nSPS) is 12.2. The number of ether oxygens (including phenoxy) is 1. The highest BCUT2D eigenvalue weighted by Gasteiger charge is 2.36. The molecule has 1 aromatic heterocycles. The lowest BCUT2D eigenvalue weighted by molar-refractivity contribution is -0.138. The van der Waals surface area contributed by atoms with Crippen LogP contribution in [0, 0.1) is 0 Å². The number of benzene rings is 2. The van der Waals surface area contributed by atoms with Crippen LogP contribution in [0.2, 0.25) is 0 Å². The predicted molar refractivity (Wildman–Crippen MR) is 98.9 cm³/mol. The van der Waals surface area contributed by atoms with Crippen molar-refractivity contribution in [2.45, 2.75) is 30.8 Å². The second-order valence-corrected chi connectivity index (χ2v) is 7.38. The fourth-order valence-electron chi connectivity index (χ4n) is 2.67. The molecule has 3 rings (SSSR count). The monoisotopic (exact) mass is 429 g/mol. The number of aromatic amines is 1. The molecule has 0 saturated heterocycles. The minimum absolute atomic E-state index is 0.200. The summed E-state index contributed by atoms with van der Waals surface area (Å²) < 4.78 is 45.9. The molecule has 0 fully saturated rings. The number of hydrogen-bond donors (Lipinski definition) is 2. The molecule has 0 atom stereocenters. The molecular weight excluding hydrogens is 415 g/mol. The minimum atomic E-state index is -4.54. The van der Waals surface area contributed by atoms with Gasteiger partial charge in [-0.2, -0.15) is 13.2 Å². The minimum Gasteiger partial charge on any atom is -0.456 e. The second-order valence-electron chi connectivity index (χ2n) is 6.01. The fraction of sp³-hybridized carbons (Fsp3) is 0.222. The average molecular weight is 430 g/mol. The van der Waals surface area contributed by atoms with Crippen molar-refractivity contribution in [3.8, 4) is 11.5 Å². The Labute approximate surface area is 156 Å². The molecule has 7 heteroatoms. The number of hydrogen-bond acceptors (Lipinski definition) is 2. The molecule has 132 valence electrons. The smallest absolute Gasteiger partial charge is 0.420 e. The van der Waals surface area contributed by atoms with E-state index in [2.05, 4.69) is 47.4 Å². The molecule has 0 unspecified atom stereocenters. The zero-order valence-electron chi connectivity index (χ0n) is 13.4. The van der Waals surface area contributed by atoms with Gasteiger partial charge in [0.1, 0.15) is 11.3 Å². The Morgan fingerprint density at radius 1 is 1.16 bits per heavy atom. The van der Waals surface area contributed by atoms with Crippen molar-refractivity contribution in [3.63, 3.8) is 0 Å². The summed E-state index contributed by atoms with van der Waals surface area (Å²) in [6.07, 6.45) is -2.64. The molecule has 0 amide bonds. The van der Waals surface area contributed by atoms with E-state index in [1.165, 1.54) is 6.07 Å². The number of fused-ring (bicyclic) bond motifs is 1. The Hall–Kier alpha value is -1.60. The maximum absolute atomic E-state index is 13.3. The molecule has 2 nitrogen and oxygen atoms in total. The van der Waals surface area contributed by atoms with Crippen molar-refractivity contribution in [2.75, 3.05) is 0 Å². The molecular formula is C18H15BrF3NOS. The maximum Gasteiger partial charge on any atom is 0.420 e. The standard InChI is InChI=1S/C18H15BrF3NOS/c1-9(2)13-8-23-16-4-3-10(5-12(13)16)24-17-14(18(20,21)22)6-11(25)7-15(17)19/h3-9,23,25H,1-2H3. The summed E-state index contributed by atoms with van der Waals surface area (Å²) in [7, 11) is 0. The first-order chi connectivity index (χ1) is 11.7. The first kappa shape index (κ1) is 18.2. The van der Waals surface area contributed by atoms with Crippen LogP contribution in [0.4, 0.5) is 13.2 Å². The van der Waals surface area contributed by atoms with E-state index in [0.717, 1.165) is 22.5 Å². The average Bonchev–Trinajstić information content (AvgIpc) is 2.92. The van der Waals surface area contributed by atoms with Gasteiger partial charge in [0.25, 0.3) is 0 Å². The Balaban J connectivity index is 2.09. The quantitative estimate of drug-likeness (QED) is 0.424. The number of thiol groups is 1. The molecule has 0 radical (unpaired) electrons. The third kappa shape index (κ3) is 3.67. The highest BCUT2D eigenvalue weighted by molar-refractivity contribution is 9.10. The Morgan fingerprint density at radius 3 is 2.52 bits per heavy atom. The van der Waals surface area contributed by atoms with Crippen LogP contribution < -0.4 is 4.74 Å². The molecule has 0 bridgehead atoms. The summed E-state index contributed by atoms with van der Waals surface area (Å²) in [5.74, 6) is 0.350. The van der Waals surface area contributed by atoms with Crippen molar-refractivity contribution >= 4 is 39.5 Å². The van der Waals surface area contributed by atoms with Gasteiger partial charge < -0.3 is 9.72 Å². The summed E-state index contributed by atoms with van der Waals surface area (Å²) >= 11 is 7.16. The molecule has 1 heterocycles. The van der Waals surface area contributed by atoms with Crippen molar-refractivity contribution in [1.29, 1.82) is 0 Å². The van der Waals surface area contributed by atoms with Crippen molar-refractivity contribution < 1.29 is 17.9 Å². The topological polar surface area (TPSA) is 25.0 Å². The molecule has 0 aliphatic heterocycles. The van der Waals surface area contributed by atoms with E-state index >= 15 is 0 Å². The van der Waals surface area contributed by atoms with Gasteiger partial charge in [0.15, 0.2) is 5.75 Å². The first-order valence-electron chi connectivity index (χ1n) is 7.55. The highest BCUT2D eigenvalue weighted by atomic mass is 79.9. The number of rotatable bonds is 3. The van der Waals surface area contributed by atoms with Gasteiger partial charge in [0, 0.05) is 22.0 Å². The van der Waals surface area contributed by atoms with Crippen LogP contribution in [0.1, 0.15) is 30.9 Å². The summed E-state index contributed by atoms with van der Waals surface area (Å²) in [5, 5.41) is 0.933. The third-order valence-corrected chi connectivity index (χ3v) is 4.71. The Bertz CT molecular complexity index is 934. The number of H-pyrrole nitrogens is 1. The van der Waals surface area contributed by atoms with E-state index in [-0.39, 0.29) is 21.0 Å². The van der Waals surface area contributed by atoms with E-state index in [0.29, 0.717) is 5.75 Å². The van der Waals surface area contributed by atoms with Gasteiger partial charge >= 0.3 is 6.18 Å². The molecule has 1 N–H and O–H groups in total. The van der Waals surface area contributed by atoms with Gasteiger partial charge in [-0.05, 0) is 57.7 Å².